The summed E-state index contributed by atoms with van der Waals surface area (Å²) in [5.41, 5.74) is 1.15. The van der Waals surface area contributed by atoms with Gasteiger partial charge in [0.15, 0.2) is 5.96 Å². The molecule has 27 heavy (non-hydrogen) atoms. The van der Waals surface area contributed by atoms with Crippen molar-refractivity contribution in [2.75, 3.05) is 32.8 Å². The van der Waals surface area contributed by atoms with Gasteiger partial charge in [-0.25, -0.2) is 0 Å². The Bertz CT molecular complexity index is 728. The summed E-state index contributed by atoms with van der Waals surface area (Å²) >= 11 is 1.80. The normalized spacial score (nSPS) is 18.3. The minimum atomic E-state index is 0. The van der Waals surface area contributed by atoms with E-state index >= 15 is 0 Å². The molecule has 0 spiro atoms. The molecule has 8 heteroatoms. The molecule has 1 unspecified atom stereocenters. The van der Waals surface area contributed by atoms with Crippen LogP contribution >= 0.6 is 35.3 Å². The minimum absolute atomic E-state index is 0. The van der Waals surface area contributed by atoms with Gasteiger partial charge < -0.3 is 15.0 Å². The van der Waals surface area contributed by atoms with E-state index in [1.807, 2.05) is 24.1 Å². The topological polar surface area (TPSA) is 54.7 Å². The van der Waals surface area contributed by atoms with E-state index in [4.69, 9.17) is 9.73 Å². The van der Waals surface area contributed by atoms with Crippen molar-refractivity contribution in [3.8, 4) is 0 Å². The first kappa shape index (κ1) is 22.2. The summed E-state index contributed by atoms with van der Waals surface area (Å²) in [7, 11) is 1.93. The maximum absolute atomic E-state index is 5.96. The molecule has 6 nitrogen and oxygen atoms in total. The third-order valence-corrected chi connectivity index (χ3v) is 5.85. The van der Waals surface area contributed by atoms with Gasteiger partial charge in [0.05, 0.1) is 25.9 Å². The number of aromatic nitrogens is 2. The molecule has 1 aliphatic rings. The summed E-state index contributed by atoms with van der Waals surface area (Å²) in [5, 5.41) is 9.85. The van der Waals surface area contributed by atoms with Crippen LogP contribution in [-0.4, -0.2) is 53.4 Å². The fraction of sp³-hybridized carbons (Fsp3) is 0.579. The molecule has 0 aromatic carbocycles. The molecule has 0 aliphatic carbocycles. The number of guanidine groups is 1. The number of ether oxygens (including phenoxy) is 1. The molecule has 3 rings (SSSR count). The van der Waals surface area contributed by atoms with Gasteiger partial charge in [-0.15, -0.1) is 35.3 Å². The molecular weight excluding hydrogens is 473 g/mol. The standard InChI is InChI=1S/C19H29N5OS.HI/c1-5-20-18(21-14-19(2,3)17-7-6-10-26-17)24-8-9-25-16(13-24)15-11-22-23(4)12-15;/h6-7,10-12,16H,5,8-9,13-14H2,1-4H3,(H,20,21);1H. The Morgan fingerprint density at radius 3 is 2.93 bits per heavy atom. The summed E-state index contributed by atoms with van der Waals surface area (Å²) < 4.78 is 7.78. The number of nitrogens with one attached hydrogen (secondary N) is 1. The third-order valence-electron chi connectivity index (χ3n) is 4.61. The highest BCUT2D eigenvalue weighted by molar-refractivity contribution is 14.0. The monoisotopic (exact) mass is 503 g/mol. The average molecular weight is 503 g/mol. The lowest BCUT2D eigenvalue weighted by atomic mass is 9.92. The second-order valence-electron chi connectivity index (χ2n) is 7.28. The van der Waals surface area contributed by atoms with E-state index in [0.717, 1.165) is 37.7 Å². The maximum Gasteiger partial charge on any atom is 0.194 e. The van der Waals surface area contributed by atoms with Gasteiger partial charge in [0, 0.05) is 42.2 Å². The molecule has 0 amide bonds. The second kappa shape index (κ2) is 9.88. The molecule has 0 saturated carbocycles. The Balaban J connectivity index is 0.00000261. The van der Waals surface area contributed by atoms with Crippen LogP contribution in [0.1, 0.15) is 37.3 Å². The number of halogens is 1. The van der Waals surface area contributed by atoms with Gasteiger partial charge in [-0.05, 0) is 18.4 Å². The Morgan fingerprint density at radius 2 is 2.30 bits per heavy atom. The lowest BCUT2D eigenvalue weighted by molar-refractivity contribution is -0.00806. The molecule has 2 aromatic rings. The average Bonchev–Trinajstić information content (AvgIpc) is 3.31. The van der Waals surface area contributed by atoms with Gasteiger partial charge in [-0.2, -0.15) is 5.10 Å². The number of hydrogen-bond donors (Lipinski definition) is 1. The third kappa shape index (κ3) is 5.68. The van der Waals surface area contributed by atoms with Crippen LogP contribution in [-0.2, 0) is 17.2 Å². The van der Waals surface area contributed by atoms with E-state index in [0.29, 0.717) is 6.61 Å². The predicted molar refractivity (Wildman–Crippen MR) is 122 cm³/mol. The number of aliphatic imine (C=N–C) groups is 1. The number of morpholine rings is 1. The van der Waals surface area contributed by atoms with Crippen LogP contribution in [0.2, 0.25) is 0 Å². The van der Waals surface area contributed by atoms with E-state index in [9.17, 15) is 0 Å². The van der Waals surface area contributed by atoms with Crippen LogP contribution in [0.4, 0.5) is 0 Å². The fourth-order valence-corrected chi connectivity index (χ4v) is 3.93. The summed E-state index contributed by atoms with van der Waals surface area (Å²) in [6, 6.07) is 4.30. The molecule has 2 aromatic heterocycles. The van der Waals surface area contributed by atoms with Gasteiger partial charge in [0.25, 0.3) is 0 Å². The number of rotatable bonds is 5. The maximum atomic E-state index is 5.96. The van der Waals surface area contributed by atoms with Crippen LogP contribution in [0.15, 0.2) is 34.9 Å². The number of aryl methyl sites for hydroxylation is 1. The first-order valence-corrected chi connectivity index (χ1v) is 10.0. The highest BCUT2D eigenvalue weighted by Crippen LogP contribution is 2.28. The van der Waals surface area contributed by atoms with Crippen LogP contribution in [0.25, 0.3) is 0 Å². The molecule has 1 aliphatic heterocycles. The Hall–Kier alpha value is -1.13. The van der Waals surface area contributed by atoms with Crippen molar-refractivity contribution in [2.45, 2.75) is 32.3 Å². The number of nitrogens with zero attached hydrogens (tertiary/aromatic N) is 4. The summed E-state index contributed by atoms with van der Waals surface area (Å²) in [6.45, 7) is 10.6. The second-order valence-corrected chi connectivity index (χ2v) is 8.23. The Morgan fingerprint density at radius 1 is 1.48 bits per heavy atom. The SMILES string of the molecule is CCNC(=NCC(C)(C)c1cccs1)N1CCOC(c2cnn(C)c2)C1.I. The van der Waals surface area contributed by atoms with E-state index < -0.39 is 0 Å². The van der Waals surface area contributed by atoms with E-state index in [1.54, 1.807) is 11.3 Å². The number of hydrogen-bond acceptors (Lipinski definition) is 4. The van der Waals surface area contributed by atoms with E-state index in [1.165, 1.54) is 4.88 Å². The summed E-state index contributed by atoms with van der Waals surface area (Å²) in [5.74, 6) is 0.967. The van der Waals surface area contributed by atoms with Crippen molar-refractivity contribution in [2.24, 2.45) is 12.0 Å². The molecule has 150 valence electrons. The molecule has 0 bridgehead atoms. The highest BCUT2D eigenvalue weighted by Gasteiger charge is 2.26. The highest BCUT2D eigenvalue weighted by atomic mass is 127. The van der Waals surface area contributed by atoms with E-state index in [2.05, 4.69) is 53.6 Å². The van der Waals surface area contributed by atoms with Crippen molar-refractivity contribution < 1.29 is 4.74 Å². The smallest absolute Gasteiger partial charge is 0.194 e. The van der Waals surface area contributed by atoms with Crippen molar-refractivity contribution in [3.63, 3.8) is 0 Å². The van der Waals surface area contributed by atoms with Gasteiger partial charge in [-0.3, -0.25) is 9.67 Å². The predicted octanol–water partition coefficient (Wildman–Crippen LogP) is 3.42. The van der Waals surface area contributed by atoms with Gasteiger partial charge in [0.1, 0.15) is 6.10 Å². The summed E-state index contributed by atoms with van der Waals surface area (Å²) in [4.78, 5) is 8.63. The zero-order chi connectivity index (χ0) is 18.6. The first-order valence-electron chi connectivity index (χ1n) is 9.17. The van der Waals surface area contributed by atoms with E-state index in [-0.39, 0.29) is 35.5 Å². The largest absolute Gasteiger partial charge is 0.370 e. The van der Waals surface area contributed by atoms with Gasteiger partial charge in [0.2, 0.25) is 0 Å². The molecule has 1 saturated heterocycles. The van der Waals surface area contributed by atoms with Gasteiger partial charge in [-0.1, -0.05) is 19.9 Å². The quantitative estimate of drug-likeness (QED) is 0.386. The van der Waals surface area contributed by atoms with Gasteiger partial charge >= 0.3 is 0 Å². The van der Waals surface area contributed by atoms with Crippen LogP contribution in [0.3, 0.4) is 0 Å². The zero-order valence-corrected chi connectivity index (χ0v) is 19.7. The minimum Gasteiger partial charge on any atom is -0.370 e. The lowest BCUT2D eigenvalue weighted by Gasteiger charge is -2.35. The molecule has 3 heterocycles. The lowest BCUT2D eigenvalue weighted by Crippen LogP contribution is -2.48. The molecule has 1 N–H and O–H groups in total. The zero-order valence-electron chi connectivity index (χ0n) is 16.5. The van der Waals surface area contributed by atoms with Crippen LogP contribution in [0.5, 0.6) is 0 Å². The van der Waals surface area contributed by atoms with Crippen LogP contribution < -0.4 is 5.32 Å². The van der Waals surface area contributed by atoms with Crippen molar-refractivity contribution in [1.82, 2.24) is 20.0 Å². The fourth-order valence-electron chi connectivity index (χ4n) is 3.09. The van der Waals surface area contributed by atoms with Crippen molar-refractivity contribution in [3.05, 3.63) is 40.3 Å². The first-order chi connectivity index (χ1) is 12.5. The Kier molecular flexibility index (Phi) is 8.11. The number of thiophene rings is 1. The van der Waals surface area contributed by atoms with Crippen molar-refractivity contribution >= 4 is 41.3 Å². The molecule has 0 radical (unpaired) electrons. The Labute approximate surface area is 183 Å². The van der Waals surface area contributed by atoms with Crippen LogP contribution in [0, 0.1) is 0 Å². The molecule has 1 atom stereocenters. The summed E-state index contributed by atoms with van der Waals surface area (Å²) in [6.07, 6.45) is 3.95. The molecule has 1 fully saturated rings. The van der Waals surface area contributed by atoms with Crippen molar-refractivity contribution in [1.29, 1.82) is 0 Å². The molecular formula is C19H30IN5OS.